The molecule has 10 unspecified atom stereocenters. The van der Waals surface area contributed by atoms with Gasteiger partial charge in [-0.25, -0.2) is 0 Å². The van der Waals surface area contributed by atoms with Crippen molar-refractivity contribution in [2.24, 2.45) is 53.3 Å². The molecule has 4 nitrogen and oxygen atoms in total. The summed E-state index contributed by atoms with van der Waals surface area (Å²) in [7, 11) is 8.70. The highest BCUT2D eigenvalue weighted by molar-refractivity contribution is 6.12. The van der Waals surface area contributed by atoms with E-state index in [1.807, 2.05) is 7.05 Å². The van der Waals surface area contributed by atoms with Crippen molar-refractivity contribution in [3.05, 3.63) is 0 Å². The number of amides is 1. The van der Waals surface area contributed by atoms with Crippen LogP contribution in [-0.4, -0.2) is 39.7 Å². The second kappa shape index (κ2) is 18.7. The molecule has 0 bridgehead atoms. The lowest BCUT2D eigenvalue weighted by Gasteiger charge is -2.53. The van der Waals surface area contributed by atoms with E-state index in [2.05, 4.69) is 45.3 Å². The zero-order chi connectivity index (χ0) is 29.7. The van der Waals surface area contributed by atoms with Crippen molar-refractivity contribution in [2.45, 2.75) is 137 Å². The molecular formula is C35H65BN2O2. The van der Waals surface area contributed by atoms with E-state index in [1.54, 1.807) is 6.92 Å². The quantitative estimate of drug-likeness (QED) is 0.133. The van der Waals surface area contributed by atoms with Gasteiger partial charge in [0.25, 0.3) is 0 Å². The SMILES string of the molecule is [B]C1C(CCC)C(CC)C1CC(CCNC)CCNC(=O)CCC(CCC(C)=O)CCC1C(C)C(C)C1CCC. The molecule has 2 aliphatic rings. The minimum atomic E-state index is 0.185. The first-order valence-corrected chi connectivity index (χ1v) is 17.3. The fourth-order valence-corrected chi connectivity index (χ4v) is 8.66. The second-order valence-corrected chi connectivity index (χ2v) is 14.0. The molecule has 230 valence electrons. The highest BCUT2D eigenvalue weighted by Crippen LogP contribution is 2.55. The molecule has 0 spiro atoms. The smallest absolute Gasteiger partial charge is 0.220 e. The summed E-state index contributed by atoms with van der Waals surface area (Å²) in [5, 5.41) is 6.58. The van der Waals surface area contributed by atoms with Crippen molar-refractivity contribution < 1.29 is 9.59 Å². The predicted molar refractivity (Wildman–Crippen MR) is 172 cm³/mol. The molecular weight excluding hydrogens is 491 g/mol. The lowest BCUT2D eigenvalue weighted by molar-refractivity contribution is -0.121. The van der Waals surface area contributed by atoms with Gasteiger partial charge in [-0.1, -0.05) is 79.0 Å². The Labute approximate surface area is 250 Å². The van der Waals surface area contributed by atoms with E-state index < -0.39 is 0 Å². The maximum atomic E-state index is 12.9. The molecule has 0 aromatic rings. The zero-order valence-electron chi connectivity index (χ0n) is 27.5. The van der Waals surface area contributed by atoms with Crippen LogP contribution < -0.4 is 10.6 Å². The fraction of sp³-hybridized carbons (Fsp3) is 0.943. The maximum absolute atomic E-state index is 12.9. The molecule has 10 atom stereocenters. The maximum Gasteiger partial charge on any atom is 0.220 e. The van der Waals surface area contributed by atoms with Crippen LogP contribution in [0, 0.1) is 53.3 Å². The molecule has 40 heavy (non-hydrogen) atoms. The van der Waals surface area contributed by atoms with Crippen LogP contribution in [-0.2, 0) is 9.59 Å². The molecule has 0 aromatic heterocycles. The van der Waals surface area contributed by atoms with Gasteiger partial charge in [0.1, 0.15) is 5.78 Å². The van der Waals surface area contributed by atoms with E-state index in [0.717, 1.165) is 74.8 Å². The molecule has 2 saturated carbocycles. The summed E-state index contributed by atoms with van der Waals surface area (Å²) in [6.45, 7) is 15.2. The molecule has 0 heterocycles. The van der Waals surface area contributed by atoms with Crippen LogP contribution >= 0.6 is 0 Å². The fourth-order valence-electron chi connectivity index (χ4n) is 8.66. The number of carbonyl (C=O) groups excluding carboxylic acids is 2. The van der Waals surface area contributed by atoms with E-state index in [1.165, 1.54) is 44.9 Å². The Morgan fingerprint density at radius 3 is 1.93 bits per heavy atom. The van der Waals surface area contributed by atoms with E-state index >= 15 is 0 Å². The summed E-state index contributed by atoms with van der Waals surface area (Å²) in [5.41, 5.74) is 0. The summed E-state index contributed by atoms with van der Waals surface area (Å²) in [6, 6.07) is 0. The monoisotopic (exact) mass is 557 g/mol. The Morgan fingerprint density at radius 1 is 0.725 bits per heavy atom. The number of hydrogen-bond acceptors (Lipinski definition) is 3. The van der Waals surface area contributed by atoms with Gasteiger partial charge in [0, 0.05) is 19.4 Å². The number of nitrogens with one attached hydrogen (secondary N) is 2. The van der Waals surface area contributed by atoms with Crippen LogP contribution in [0.5, 0.6) is 0 Å². The summed E-state index contributed by atoms with van der Waals surface area (Å²) in [5.74, 6) is 7.35. The van der Waals surface area contributed by atoms with Crippen LogP contribution in [0.2, 0.25) is 5.82 Å². The van der Waals surface area contributed by atoms with Gasteiger partial charge in [-0.15, -0.1) is 0 Å². The van der Waals surface area contributed by atoms with E-state index in [4.69, 9.17) is 7.85 Å². The number of ketones is 1. The average molecular weight is 557 g/mol. The van der Waals surface area contributed by atoms with Gasteiger partial charge in [0.05, 0.1) is 7.85 Å². The minimum Gasteiger partial charge on any atom is -0.356 e. The molecule has 2 aliphatic carbocycles. The molecule has 5 heteroatoms. The van der Waals surface area contributed by atoms with Crippen molar-refractivity contribution in [3.63, 3.8) is 0 Å². The van der Waals surface area contributed by atoms with Crippen molar-refractivity contribution in [1.82, 2.24) is 10.6 Å². The highest BCUT2D eigenvalue weighted by Gasteiger charge is 2.45. The number of Topliss-reactive ketones (excluding diaryl/α,β-unsaturated/α-hetero) is 1. The van der Waals surface area contributed by atoms with Gasteiger partial charge in [-0.3, -0.25) is 4.79 Å². The molecule has 2 fully saturated rings. The Bertz CT molecular complexity index is 730. The molecule has 0 aliphatic heterocycles. The summed E-state index contributed by atoms with van der Waals surface area (Å²) in [6.07, 6.45) is 15.2. The Morgan fingerprint density at radius 2 is 1.32 bits per heavy atom. The number of rotatable bonds is 22. The van der Waals surface area contributed by atoms with Crippen LogP contribution in [0.1, 0.15) is 131 Å². The normalized spacial score (nSPS) is 31.2. The third-order valence-corrected chi connectivity index (χ3v) is 11.4. The topological polar surface area (TPSA) is 58.2 Å². The first kappa shape index (κ1) is 35.4. The lowest BCUT2D eigenvalue weighted by Crippen LogP contribution is -2.44. The van der Waals surface area contributed by atoms with Gasteiger partial charge in [0.15, 0.2) is 0 Å². The van der Waals surface area contributed by atoms with Gasteiger partial charge in [-0.05, 0) is 112 Å². The summed E-state index contributed by atoms with van der Waals surface area (Å²) < 4.78 is 0. The van der Waals surface area contributed by atoms with E-state index in [0.29, 0.717) is 42.3 Å². The van der Waals surface area contributed by atoms with Crippen LogP contribution in [0.15, 0.2) is 0 Å². The number of carbonyl (C=O) groups is 2. The standard InChI is InChI=1S/C35H65BN2O2/c1-8-11-30-25(5)26(6)31(30)17-15-27(14-13-24(4)39)16-18-34(40)38-22-20-28(19-21-37-7)23-33-29(10-3)32(12-9-2)35(33)36/h25-33,35,37H,8-23H2,1-7H3,(H,38,40). The molecule has 1 amide bonds. The predicted octanol–water partition coefficient (Wildman–Crippen LogP) is 8.00. The molecule has 2 N–H and O–H groups in total. The van der Waals surface area contributed by atoms with Crippen LogP contribution in [0.3, 0.4) is 0 Å². The van der Waals surface area contributed by atoms with Crippen molar-refractivity contribution in [3.8, 4) is 0 Å². The largest absolute Gasteiger partial charge is 0.356 e. The third-order valence-electron chi connectivity index (χ3n) is 11.4. The van der Waals surface area contributed by atoms with Crippen molar-refractivity contribution in [1.29, 1.82) is 0 Å². The van der Waals surface area contributed by atoms with E-state index in [9.17, 15) is 9.59 Å². The van der Waals surface area contributed by atoms with Crippen LogP contribution in [0.25, 0.3) is 0 Å². The van der Waals surface area contributed by atoms with Crippen LogP contribution in [0.4, 0.5) is 0 Å². The minimum absolute atomic E-state index is 0.185. The molecule has 0 saturated heterocycles. The van der Waals surface area contributed by atoms with Crippen molar-refractivity contribution >= 4 is 19.5 Å². The molecule has 2 radical (unpaired) electrons. The second-order valence-electron chi connectivity index (χ2n) is 14.0. The van der Waals surface area contributed by atoms with Gasteiger partial charge in [-0.2, -0.15) is 0 Å². The third kappa shape index (κ3) is 10.5. The molecule has 0 aromatic carbocycles. The highest BCUT2D eigenvalue weighted by atomic mass is 16.1. The van der Waals surface area contributed by atoms with Gasteiger partial charge >= 0.3 is 0 Å². The average Bonchev–Trinajstić information content (AvgIpc) is 2.94. The lowest BCUT2D eigenvalue weighted by atomic mass is 9.46. The first-order valence-electron chi connectivity index (χ1n) is 17.3. The van der Waals surface area contributed by atoms with Gasteiger partial charge in [0.2, 0.25) is 5.91 Å². The van der Waals surface area contributed by atoms with Crippen molar-refractivity contribution in [2.75, 3.05) is 20.1 Å². The zero-order valence-corrected chi connectivity index (χ0v) is 27.5. The molecule has 2 rings (SSSR count). The Hall–Kier alpha value is -0.835. The Balaban J connectivity index is 1.80. The van der Waals surface area contributed by atoms with Gasteiger partial charge < -0.3 is 15.4 Å². The summed E-state index contributed by atoms with van der Waals surface area (Å²) >= 11 is 0. The first-order chi connectivity index (χ1) is 19.2. The number of hydrogen-bond donors (Lipinski definition) is 2. The summed E-state index contributed by atoms with van der Waals surface area (Å²) in [4.78, 5) is 24.6. The Kier molecular flexibility index (Phi) is 16.5. The van der Waals surface area contributed by atoms with E-state index in [-0.39, 0.29) is 11.7 Å².